The van der Waals surface area contributed by atoms with Crippen LogP contribution in [-0.4, -0.2) is 58.7 Å². The average Bonchev–Trinajstić information content (AvgIpc) is 3.39. The minimum Gasteiger partial charge on any atom is -0.361 e. The summed E-state index contributed by atoms with van der Waals surface area (Å²) in [5.41, 5.74) is 3.16. The molecule has 1 aromatic rings. The summed E-state index contributed by atoms with van der Waals surface area (Å²) >= 11 is 0. The van der Waals surface area contributed by atoms with Gasteiger partial charge in [0.1, 0.15) is 0 Å². The fourth-order valence-electron chi connectivity index (χ4n) is 4.90. The Morgan fingerprint density at radius 3 is 2.67 bits per heavy atom. The highest BCUT2D eigenvalue weighted by Gasteiger charge is 2.36. The van der Waals surface area contributed by atoms with E-state index in [0.29, 0.717) is 29.5 Å². The molecule has 148 valence electrons. The normalized spacial score (nSPS) is 24.2. The number of Topliss-reactive ketones (excluding diaryl/α,β-unsaturated/α-hetero) is 1. The highest BCUT2D eigenvalue weighted by Crippen LogP contribution is 2.33. The first kappa shape index (κ1) is 18.7. The van der Waals surface area contributed by atoms with Crippen LogP contribution in [0.4, 0.5) is 0 Å². The number of aromatic nitrogens is 1. The van der Waals surface area contributed by atoms with Gasteiger partial charge in [-0.15, -0.1) is 0 Å². The maximum Gasteiger partial charge on any atom is 0.256 e. The SMILES string of the molecule is Cc1[nH]c2c(c1C(=O)N1CCCN(CC3CC3)[C@@H](C(C)C)C1)C(=O)CCC2. The van der Waals surface area contributed by atoms with Crippen molar-refractivity contribution < 1.29 is 9.59 Å². The number of nitrogens with zero attached hydrogens (tertiary/aromatic N) is 2. The van der Waals surface area contributed by atoms with E-state index in [1.54, 1.807) is 0 Å². The van der Waals surface area contributed by atoms with Crippen molar-refractivity contribution >= 4 is 11.7 Å². The second kappa shape index (κ2) is 7.42. The second-order valence-electron chi connectivity index (χ2n) is 9.11. The van der Waals surface area contributed by atoms with E-state index >= 15 is 0 Å². The largest absolute Gasteiger partial charge is 0.361 e. The summed E-state index contributed by atoms with van der Waals surface area (Å²) < 4.78 is 0. The molecular weight excluding hydrogens is 338 g/mol. The number of nitrogens with one attached hydrogen (secondary N) is 1. The molecule has 0 bridgehead atoms. The van der Waals surface area contributed by atoms with Gasteiger partial charge < -0.3 is 9.88 Å². The number of amides is 1. The Labute approximate surface area is 162 Å². The molecule has 0 aromatic carbocycles. The van der Waals surface area contributed by atoms with Crippen LogP contribution in [0.15, 0.2) is 0 Å². The zero-order chi connectivity index (χ0) is 19.1. The average molecular weight is 372 g/mol. The van der Waals surface area contributed by atoms with Gasteiger partial charge in [-0.3, -0.25) is 14.5 Å². The molecule has 2 heterocycles. The maximum atomic E-state index is 13.5. The molecule has 1 saturated heterocycles. The van der Waals surface area contributed by atoms with Gasteiger partial charge in [-0.25, -0.2) is 0 Å². The Morgan fingerprint density at radius 1 is 1.19 bits per heavy atom. The van der Waals surface area contributed by atoms with Crippen molar-refractivity contribution in [1.82, 2.24) is 14.8 Å². The van der Waals surface area contributed by atoms with Crippen molar-refractivity contribution in [3.63, 3.8) is 0 Å². The van der Waals surface area contributed by atoms with Gasteiger partial charge >= 0.3 is 0 Å². The van der Waals surface area contributed by atoms with Gasteiger partial charge in [0, 0.05) is 50.0 Å². The number of rotatable bonds is 4. The van der Waals surface area contributed by atoms with Crippen LogP contribution in [-0.2, 0) is 6.42 Å². The summed E-state index contributed by atoms with van der Waals surface area (Å²) in [4.78, 5) is 34.0. The van der Waals surface area contributed by atoms with Crippen LogP contribution in [0, 0.1) is 18.8 Å². The van der Waals surface area contributed by atoms with E-state index in [0.717, 1.165) is 56.2 Å². The highest BCUT2D eigenvalue weighted by atomic mass is 16.2. The molecule has 3 aliphatic rings. The molecule has 4 rings (SSSR count). The van der Waals surface area contributed by atoms with Gasteiger partial charge in [-0.2, -0.15) is 0 Å². The van der Waals surface area contributed by atoms with Crippen LogP contribution in [0.2, 0.25) is 0 Å². The molecule has 1 atom stereocenters. The topological polar surface area (TPSA) is 56.4 Å². The Morgan fingerprint density at radius 2 is 1.96 bits per heavy atom. The quantitative estimate of drug-likeness (QED) is 0.882. The number of H-pyrrole nitrogens is 1. The molecule has 1 amide bonds. The smallest absolute Gasteiger partial charge is 0.256 e. The monoisotopic (exact) mass is 371 g/mol. The van der Waals surface area contributed by atoms with E-state index in [2.05, 4.69) is 23.7 Å². The number of aromatic amines is 1. The summed E-state index contributed by atoms with van der Waals surface area (Å²) in [7, 11) is 0. The number of carbonyl (C=O) groups excluding carboxylic acids is 2. The molecule has 1 aromatic heterocycles. The predicted octanol–water partition coefficient (Wildman–Crippen LogP) is 3.42. The molecule has 1 saturated carbocycles. The third-order valence-electron chi connectivity index (χ3n) is 6.58. The van der Waals surface area contributed by atoms with Crippen molar-refractivity contribution in [3.8, 4) is 0 Å². The molecule has 2 fully saturated rings. The fraction of sp³-hybridized carbons (Fsp3) is 0.727. The second-order valence-corrected chi connectivity index (χ2v) is 9.11. The fourth-order valence-corrected chi connectivity index (χ4v) is 4.90. The number of hydrogen-bond acceptors (Lipinski definition) is 3. The van der Waals surface area contributed by atoms with Crippen LogP contribution in [0.5, 0.6) is 0 Å². The maximum absolute atomic E-state index is 13.5. The lowest BCUT2D eigenvalue weighted by molar-refractivity contribution is 0.0699. The van der Waals surface area contributed by atoms with Gasteiger partial charge in [0.25, 0.3) is 5.91 Å². The molecule has 0 unspecified atom stereocenters. The number of aryl methyl sites for hydroxylation is 2. The third kappa shape index (κ3) is 3.71. The van der Waals surface area contributed by atoms with Crippen LogP contribution in [0.1, 0.15) is 78.1 Å². The molecule has 1 N–H and O–H groups in total. The van der Waals surface area contributed by atoms with E-state index in [4.69, 9.17) is 0 Å². The van der Waals surface area contributed by atoms with E-state index in [1.165, 1.54) is 19.4 Å². The molecule has 2 aliphatic carbocycles. The molecule has 27 heavy (non-hydrogen) atoms. The molecular formula is C22H33N3O2. The first-order valence-electron chi connectivity index (χ1n) is 10.7. The Balaban J connectivity index is 1.58. The lowest BCUT2D eigenvalue weighted by Gasteiger charge is -2.34. The van der Waals surface area contributed by atoms with E-state index < -0.39 is 0 Å². The number of ketones is 1. The summed E-state index contributed by atoms with van der Waals surface area (Å²) in [6, 6.07) is 0.405. The lowest BCUT2D eigenvalue weighted by Crippen LogP contribution is -2.46. The zero-order valence-corrected chi connectivity index (χ0v) is 17.0. The van der Waals surface area contributed by atoms with Gasteiger partial charge in [0.15, 0.2) is 5.78 Å². The molecule has 5 nitrogen and oxygen atoms in total. The summed E-state index contributed by atoms with van der Waals surface area (Å²) in [6.07, 6.45) is 6.06. The summed E-state index contributed by atoms with van der Waals surface area (Å²) in [5.74, 6) is 1.57. The summed E-state index contributed by atoms with van der Waals surface area (Å²) in [5, 5.41) is 0. The van der Waals surface area contributed by atoms with Crippen molar-refractivity contribution in [3.05, 3.63) is 22.5 Å². The number of fused-ring (bicyclic) bond motifs is 1. The highest BCUT2D eigenvalue weighted by molar-refractivity contribution is 6.10. The van der Waals surface area contributed by atoms with Crippen LogP contribution >= 0.6 is 0 Å². The lowest BCUT2D eigenvalue weighted by atomic mass is 9.92. The van der Waals surface area contributed by atoms with Crippen molar-refractivity contribution in [1.29, 1.82) is 0 Å². The van der Waals surface area contributed by atoms with Gasteiger partial charge in [0.2, 0.25) is 0 Å². The van der Waals surface area contributed by atoms with Crippen molar-refractivity contribution in [2.75, 3.05) is 26.2 Å². The Hall–Kier alpha value is -1.62. The van der Waals surface area contributed by atoms with Crippen LogP contribution in [0.25, 0.3) is 0 Å². The van der Waals surface area contributed by atoms with Crippen molar-refractivity contribution in [2.24, 2.45) is 11.8 Å². The zero-order valence-electron chi connectivity index (χ0n) is 17.0. The van der Waals surface area contributed by atoms with Crippen LogP contribution < -0.4 is 0 Å². The predicted molar refractivity (Wildman–Crippen MR) is 106 cm³/mol. The molecule has 5 heteroatoms. The minimum atomic E-state index is 0.0548. The van der Waals surface area contributed by atoms with Gasteiger partial charge in [0.05, 0.1) is 11.1 Å². The number of hydrogen-bond donors (Lipinski definition) is 1. The summed E-state index contributed by atoms with van der Waals surface area (Å²) in [6.45, 7) is 10.3. The molecule has 1 aliphatic heterocycles. The Bertz CT molecular complexity index is 732. The van der Waals surface area contributed by atoms with Gasteiger partial charge in [-0.1, -0.05) is 13.8 Å². The number of carbonyl (C=O) groups is 2. The van der Waals surface area contributed by atoms with Gasteiger partial charge in [-0.05, 0) is 50.9 Å². The Kier molecular flexibility index (Phi) is 5.15. The van der Waals surface area contributed by atoms with E-state index in [9.17, 15) is 9.59 Å². The minimum absolute atomic E-state index is 0.0548. The van der Waals surface area contributed by atoms with E-state index in [1.807, 2.05) is 11.8 Å². The van der Waals surface area contributed by atoms with E-state index in [-0.39, 0.29) is 11.7 Å². The first-order chi connectivity index (χ1) is 13.0. The van der Waals surface area contributed by atoms with Crippen LogP contribution in [0.3, 0.4) is 0 Å². The molecule has 0 spiro atoms. The van der Waals surface area contributed by atoms with Crippen molar-refractivity contribution in [2.45, 2.75) is 65.3 Å². The standard InChI is InChI=1S/C22H33N3O2/c1-14(2)18-13-25(11-5-10-24(18)12-16-8-9-16)22(27)20-15(3)23-17-6-4-7-19(26)21(17)20/h14,16,18,23H,4-13H2,1-3H3/t18-/m1/s1. The molecule has 0 radical (unpaired) electrons. The third-order valence-corrected chi connectivity index (χ3v) is 6.58. The first-order valence-corrected chi connectivity index (χ1v) is 10.7.